The third kappa shape index (κ3) is 5.21. The maximum Gasteiger partial charge on any atom is 0.251 e. The molecule has 11 heteroatoms. The van der Waals surface area contributed by atoms with E-state index in [4.69, 9.17) is 15.2 Å². The number of nitrogens with zero attached hydrogens (tertiary/aromatic N) is 2. The largest absolute Gasteiger partial charge is 0.490 e. The summed E-state index contributed by atoms with van der Waals surface area (Å²) in [5.74, 6) is -0.505. The minimum absolute atomic E-state index is 0.00195. The van der Waals surface area contributed by atoms with E-state index in [1.165, 1.54) is 42.5 Å². The molecule has 2 aliphatic rings. The zero-order valence-electron chi connectivity index (χ0n) is 23.0. The third-order valence-electron chi connectivity index (χ3n) is 7.65. The summed E-state index contributed by atoms with van der Waals surface area (Å²) < 4.78 is 25.6. The van der Waals surface area contributed by atoms with Crippen molar-refractivity contribution in [2.75, 3.05) is 13.2 Å². The van der Waals surface area contributed by atoms with Crippen LogP contribution in [0.1, 0.15) is 48.3 Å². The van der Waals surface area contributed by atoms with Crippen LogP contribution >= 0.6 is 11.3 Å². The average Bonchev–Trinajstić information content (AvgIpc) is 3.48. The zero-order chi connectivity index (χ0) is 29.6. The number of carbonyl (C=O) groups is 2. The Hall–Kier alpha value is -4.35. The number of ether oxygens (including phenoxy) is 2. The van der Waals surface area contributed by atoms with Crippen LogP contribution < -0.4 is 20.5 Å². The molecule has 216 valence electrons. The number of aromatic nitrogens is 2. The number of nitrogens with two attached hydrogens (primary N) is 1. The standard InChI is InChI=1S/C31H29FN4O5S/c1-30(29(33)38)15-40-27-22(30)12-25(36-26(27)17-3-6-19(32)7-4-17)31(2,39)14-34-28(37)18-5-10-21(23-13-42-16-35-23)24(11-18)41-20-8-9-20/h3-7,10-13,16,20,39H,8-9,14-15H2,1-2H3,(H2,33,38)(H,34,37)/t30-,31-/m0/s1. The molecule has 2 aromatic heterocycles. The molecule has 9 nitrogen and oxygen atoms in total. The molecule has 2 atom stereocenters. The van der Waals surface area contributed by atoms with Gasteiger partial charge in [-0.3, -0.25) is 9.59 Å². The summed E-state index contributed by atoms with van der Waals surface area (Å²) in [6.07, 6.45) is 2.05. The summed E-state index contributed by atoms with van der Waals surface area (Å²) in [5, 5.41) is 16.3. The van der Waals surface area contributed by atoms with Gasteiger partial charge in [-0.05, 0) is 75.2 Å². The Morgan fingerprint density at radius 1 is 1.24 bits per heavy atom. The molecule has 3 heterocycles. The van der Waals surface area contributed by atoms with Crippen molar-refractivity contribution in [3.63, 3.8) is 0 Å². The van der Waals surface area contributed by atoms with E-state index in [0.29, 0.717) is 33.9 Å². The van der Waals surface area contributed by atoms with E-state index in [1.54, 1.807) is 30.6 Å². The number of hydrogen-bond acceptors (Lipinski definition) is 8. The van der Waals surface area contributed by atoms with Crippen LogP contribution in [0.25, 0.3) is 22.5 Å². The molecule has 2 aromatic carbocycles. The maximum absolute atomic E-state index is 13.7. The van der Waals surface area contributed by atoms with Crippen molar-refractivity contribution in [1.29, 1.82) is 0 Å². The number of hydrogen-bond donors (Lipinski definition) is 3. The zero-order valence-corrected chi connectivity index (χ0v) is 23.8. The van der Waals surface area contributed by atoms with Crippen molar-refractivity contribution in [3.05, 3.63) is 82.1 Å². The Labute approximate surface area is 245 Å². The van der Waals surface area contributed by atoms with Gasteiger partial charge >= 0.3 is 0 Å². The number of amides is 2. The lowest BCUT2D eigenvalue weighted by atomic mass is 9.82. The fourth-order valence-corrected chi connectivity index (χ4v) is 5.35. The van der Waals surface area contributed by atoms with Gasteiger partial charge < -0.3 is 25.6 Å². The van der Waals surface area contributed by atoms with E-state index in [-0.39, 0.29) is 24.9 Å². The van der Waals surface area contributed by atoms with E-state index in [9.17, 15) is 19.1 Å². The summed E-state index contributed by atoms with van der Waals surface area (Å²) in [4.78, 5) is 34.7. The minimum atomic E-state index is -1.66. The number of aliphatic hydroxyl groups is 1. The second-order valence-electron chi connectivity index (χ2n) is 11.1. The van der Waals surface area contributed by atoms with E-state index < -0.39 is 28.6 Å². The summed E-state index contributed by atoms with van der Waals surface area (Å²) in [6.45, 7) is 2.98. The molecule has 0 radical (unpaired) electrons. The first-order valence-corrected chi connectivity index (χ1v) is 14.4. The van der Waals surface area contributed by atoms with Gasteiger partial charge in [-0.2, -0.15) is 0 Å². The van der Waals surface area contributed by atoms with Gasteiger partial charge in [0.25, 0.3) is 5.91 Å². The molecular weight excluding hydrogens is 559 g/mol. The SMILES string of the molecule is C[C@](O)(CNC(=O)c1ccc(-c2cscn2)c(OC2CC2)c1)c1cc2c(c(-c3ccc(F)cc3)n1)OC[C@]2(C)C(N)=O. The molecular formula is C31H29FN4O5S. The highest BCUT2D eigenvalue weighted by Gasteiger charge is 2.45. The molecule has 1 saturated carbocycles. The topological polar surface area (TPSA) is 137 Å². The summed E-state index contributed by atoms with van der Waals surface area (Å²) in [7, 11) is 0. The fraction of sp³-hybridized carbons (Fsp3) is 0.290. The summed E-state index contributed by atoms with van der Waals surface area (Å²) in [6, 6.07) is 12.4. The van der Waals surface area contributed by atoms with Gasteiger partial charge in [0, 0.05) is 27.6 Å². The smallest absolute Gasteiger partial charge is 0.251 e. The Bertz CT molecular complexity index is 1670. The molecule has 0 unspecified atom stereocenters. The molecule has 0 spiro atoms. The molecule has 2 amide bonds. The first-order chi connectivity index (χ1) is 20.0. The summed E-state index contributed by atoms with van der Waals surface area (Å²) >= 11 is 1.48. The number of rotatable bonds is 9. The Balaban J connectivity index is 1.29. The normalized spacial score (nSPS) is 19.0. The van der Waals surface area contributed by atoms with Gasteiger partial charge in [0.15, 0.2) is 0 Å². The predicted molar refractivity (Wildman–Crippen MR) is 155 cm³/mol. The van der Waals surface area contributed by atoms with Crippen LogP contribution in [0.3, 0.4) is 0 Å². The first kappa shape index (κ1) is 27.8. The lowest BCUT2D eigenvalue weighted by molar-refractivity contribution is -0.123. The number of thiazole rings is 1. The van der Waals surface area contributed by atoms with Gasteiger partial charge in [0.1, 0.15) is 40.6 Å². The molecule has 6 rings (SSSR count). The van der Waals surface area contributed by atoms with Gasteiger partial charge in [-0.25, -0.2) is 14.4 Å². The lowest BCUT2D eigenvalue weighted by Gasteiger charge is -2.26. The van der Waals surface area contributed by atoms with E-state index in [2.05, 4.69) is 15.3 Å². The van der Waals surface area contributed by atoms with Crippen LogP contribution in [0, 0.1) is 5.82 Å². The third-order valence-corrected chi connectivity index (χ3v) is 8.24. The van der Waals surface area contributed by atoms with Crippen LogP contribution in [0.15, 0.2) is 59.4 Å². The average molecular weight is 589 g/mol. The number of primary amides is 1. The minimum Gasteiger partial charge on any atom is -0.490 e. The molecule has 1 aliphatic heterocycles. The van der Waals surface area contributed by atoms with Crippen molar-refractivity contribution in [3.8, 4) is 34.0 Å². The number of fused-ring (bicyclic) bond motifs is 1. The van der Waals surface area contributed by atoms with Gasteiger partial charge in [-0.15, -0.1) is 11.3 Å². The molecule has 1 aliphatic carbocycles. The number of benzene rings is 2. The quantitative estimate of drug-likeness (QED) is 0.265. The number of nitrogens with one attached hydrogen (secondary N) is 1. The lowest BCUT2D eigenvalue weighted by Crippen LogP contribution is -2.41. The highest BCUT2D eigenvalue weighted by Crippen LogP contribution is 2.45. The van der Waals surface area contributed by atoms with Crippen molar-refractivity contribution < 1.29 is 28.6 Å². The summed E-state index contributed by atoms with van der Waals surface area (Å²) in [5.41, 5.74) is 8.12. The second kappa shape index (κ2) is 10.5. The van der Waals surface area contributed by atoms with Crippen LogP contribution in [-0.4, -0.2) is 46.1 Å². The van der Waals surface area contributed by atoms with Gasteiger partial charge in [-0.1, -0.05) is 0 Å². The Morgan fingerprint density at radius 2 is 2.00 bits per heavy atom. The van der Waals surface area contributed by atoms with Gasteiger partial charge in [0.05, 0.1) is 29.5 Å². The van der Waals surface area contributed by atoms with Crippen LogP contribution in [0.2, 0.25) is 0 Å². The van der Waals surface area contributed by atoms with Crippen molar-refractivity contribution in [1.82, 2.24) is 15.3 Å². The molecule has 4 aromatic rings. The van der Waals surface area contributed by atoms with Gasteiger partial charge in [0.2, 0.25) is 5.91 Å². The maximum atomic E-state index is 13.7. The highest BCUT2D eigenvalue weighted by atomic mass is 32.1. The number of carbonyl (C=O) groups excluding carboxylic acids is 2. The monoisotopic (exact) mass is 588 g/mol. The fourth-order valence-electron chi connectivity index (χ4n) is 4.80. The molecule has 0 bridgehead atoms. The number of pyridine rings is 1. The van der Waals surface area contributed by atoms with Crippen molar-refractivity contribution >= 4 is 23.2 Å². The predicted octanol–water partition coefficient (Wildman–Crippen LogP) is 4.33. The number of halogens is 1. The van der Waals surface area contributed by atoms with E-state index in [1.807, 2.05) is 11.4 Å². The van der Waals surface area contributed by atoms with Crippen molar-refractivity contribution in [2.24, 2.45) is 5.73 Å². The van der Waals surface area contributed by atoms with Crippen LogP contribution in [0.5, 0.6) is 11.5 Å². The van der Waals surface area contributed by atoms with Crippen LogP contribution in [0.4, 0.5) is 4.39 Å². The highest BCUT2D eigenvalue weighted by molar-refractivity contribution is 7.07. The van der Waals surface area contributed by atoms with Crippen molar-refractivity contribution in [2.45, 2.75) is 43.8 Å². The first-order valence-electron chi connectivity index (χ1n) is 13.5. The van der Waals surface area contributed by atoms with Crippen LogP contribution in [-0.2, 0) is 15.8 Å². The molecule has 0 saturated heterocycles. The molecule has 42 heavy (non-hydrogen) atoms. The Kier molecular flexibility index (Phi) is 6.94. The Morgan fingerprint density at radius 3 is 2.67 bits per heavy atom. The molecule has 4 N–H and O–H groups in total. The molecule has 1 fully saturated rings. The van der Waals surface area contributed by atoms with E-state index in [0.717, 1.165) is 24.1 Å². The second-order valence-corrected chi connectivity index (χ2v) is 11.8. The van der Waals surface area contributed by atoms with E-state index >= 15 is 0 Å².